The van der Waals surface area contributed by atoms with Gasteiger partial charge >= 0.3 is 11.9 Å². The number of carbonyl (C=O) groups excluding carboxylic acids is 3. The fraction of sp³-hybridized carbons (Fsp3) is 0.516. The van der Waals surface area contributed by atoms with Crippen LogP contribution in [0, 0.1) is 11.3 Å². The van der Waals surface area contributed by atoms with E-state index in [1.165, 1.54) is 31.4 Å². The van der Waals surface area contributed by atoms with Gasteiger partial charge in [-0.2, -0.15) is 0 Å². The van der Waals surface area contributed by atoms with Crippen molar-refractivity contribution in [1.29, 1.82) is 0 Å². The van der Waals surface area contributed by atoms with Crippen molar-refractivity contribution in [2.75, 3.05) is 20.3 Å². The molecule has 0 aromatic heterocycles. The monoisotopic (exact) mass is 614 g/mol. The number of esters is 2. The molecule has 2 heterocycles. The molecule has 2 aromatic carbocycles. The molecular weight excluding hydrogens is 580 g/mol. The number of aliphatic hydroxyl groups is 3. The van der Waals surface area contributed by atoms with Gasteiger partial charge in [0.05, 0.1) is 16.5 Å². The van der Waals surface area contributed by atoms with Gasteiger partial charge in [0.25, 0.3) is 0 Å². The summed E-state index contributed by atoms with van der Waals surface area (Å²) in [6.07, 6.45) is -8.93. The zero-order chi connectivity index (χ0) is 31.4. The van der Waals surface area contributed by atoms with E-state index in [0.717, 1.165) is 0 Å². The highest BCUT2D eigenvalue weighted by molar-refractivity contribution is 5.91. The van der Waals surface area contributed by atoms with Crippen LogP contribution < -0.4 is 0 Å². The van der Waals surface area contributed by atoms with Crippen LogP contribution in [0.4, 0.5) is 0 Å². The van der Waals surface area contributed by atoms with Crippen LogP contribution in [0.1, 0.15) is 40.5 Å². The summed E-state index contributed by atoms with van der Waals surface area (Å²) in [4.78, 5) is 38.7. The topological polar surface area (TPSA) is 188 Å². The van der Waals surface area contributed by atoms with Crippen LogP contribution in [0.25, 0.3) is 0 Å². The molecule has 4 N–H and O–H groups in total. The van der Waals surface area contributed by atoms with E-state index < -0.39 is 78.1 Å². The van der Waals surface area contributed by atoms with Gasteiger partial charge in [0.15, 0.2) is 12.6 Å². The lowest BCUT2D eigenvalue weighted by atomic mass is 9.41. The van der Waals surface area contributed by atoms with Crippen LogP contribution in [0.2, 0.25) is 0 Å². The smallest absolute Gasteiger partial charge is 0.338 e. The Morgan fingerprint density at radius 1 is 0.932 bits per heavy atom. The summed E-state index contributed by atoms with van der Waals surface area (Å²) in [5, 5.41) is 41.9. The average Bonchev–Trinajstić information content (AvgIpc) is 3.09. The van der Waals surface area contributed by atoms with E-state index in [1.54, 1.807) is 37.3 Å². The molecule has 236 valence electrons. The molecule has 0 radical (unpaired) electrons. The quantitative estimate of drug-likeness (QED) is 0.290. The Labute approximate surface area is 252 Å². The second-order valence-electron chi connectivity index (χ2n) is 11.9. The Morgan fingerprint density at radius 3 is 2.27 bits per heavy atom. The number of hydrogen-bond acceptors (Lipinski definition) is 13. The molecule has 0 unspecified atom stereocenters. The number of phenols is 1. The summed E-state index contributed by atoms with van der Waals surface area (Å²) >= 11 is 0. The van der Waals surface area contributed by atoms with Gasteiger partial charge < -0.3 is 48.8 Å². The van der Waals surface area contributed by atoms with Crippen molar-refractivity contribution in [2.24, 2.45) is 11.3 Å². The molecule has 2 saturated heterocycles. The van der Waals surface area contributed by atoms with Crippen molar-refractivity contribution in [3.8, 4) is 5.75 Å². The van der Waals surface area contributed by atoms with E-state index in [2.05, 4.69) is 0 Å². The van der Waals surface area contributed by atoms with Crippen molar-refractivity contribution in [3.63, 3.8) is 0 Å². The Hall–Kier alpha value is -3.43. The molecule has 3 saturated carbocycles. The lowest BCUT2D eigenvalue weighted by Gasteiger charge is -2.66. The normalized spacial score (nSPS) is 38.9. The predicted molar refractivity (Wildman–Crippen MR) is 146 cm³/mol. The minimum atomic E-state index is -1.74. The molecule has 0 spiro atoms. The number of ether oxygens (including phenoxy) is 6. The minimum absolute atomic E-state index is 0.0301. The average molecular weight is 615 g/mol. The van der Waals surface area contributed by atoms with Crippen LogP contribution in [-0.4, -0.2) is 107 Å². The number of carbonyl (C=O) groups is 3. The molecule has 44 heavy (non-hydrogen) atoms. The summed E-state index contributed by atoms with van der Waals surface area (Å²) in [6.45, 7) is 0.843. The number of rotatable bonds is 9. The fourth-order valence-corrected chi connectivity index (χ4v) is 7.21. The van der Waals surface area contributed by atoms with Crippen molar-refractivity contribution < 1.29 is 63.2 Å². The number of aromatic hydroxyl groups is 1. The number of aliphatic hydroxyl groups excluding tert-OH is 3. The number of Topliss-reactive ketones (excluding diaryl/α,β-unsaturated/α-hetero) is 1. The highest BCUT2D eigenvalue weighted by atomic mass is 16.8. The first-order valence-electron chi connectivity index (χ1n) is 14.3. The summed E-state index contributed by atoms with van der Waals surface area (Å²) < 4.78 is 35.4. The summed E-state index contributed by atoms with van der Waals surface area (Å²) in [5.41, 5.74) is -3.61. The van der Waals surface area contributed by atoms with Crippen molar-refractivity contribution in [2.45, 2.75) is 68.0 Å². The maximum Gasteiger partial charge on any atom is 0.338 e. The summed E-state index contributed by atoms with van der Waals surface area (Å²) in [5.74, 6) is -2.25. The minimum Gasteiger partial charge on any atom is -0.508 e. The zero-order valence-electron chi connectivity index (χ0n) is 24.0. The lowest BCUT2D eigenvalue weighted by molar-refractivity contribution is -0.381. The first-order chi connectivity index (χ1) is 21.0. The van der Waals surface area contributed by atoms with Crippen LogP contribution >= 0.6 is 0 Å². The Kier molecular flexibility index (Phi) is 7.77. The number of hydrogen-bond donors (Lipinski definition) is 4. The molecule has 3 aliphatic carbocycles. The van der Waals surface area contributed by atoms with Crippen molar-refractivity contribution >= 4 is 17.7 Å². The van der Waals surface area contributed by atoms with Gasteiger partial charge in [-0.15, -0.1) is 0 Å². The highest BCUT2D eigenvalue weighted by Gasteiger charge is 2.87. The third-order valence-electron chi connectivity index (χ3n) is 9.54. The van der Waals surface area contributed by atoms with Crippen LogP contribution in [0.5, 0.6) is 5.75 Å². The standard InChI is InChI=1S/C31H34O13/c1-29-13-20(33)19-12-31(29,30(19,28(39-2)44-29)15-41-26(38)17-8-10-18(32)11-9-17)43-27-24(36)23(35)22(34)21(42-27)14-40-25(37)16-6-4-3-5-7-16/h3-11,19,21-24,27-28,32,34-36H,12-15H2,1-2H3/t19-,21-,22-,23+,24-,27+,28+,29+,30-,31-/m1/s1. The number of methoxy groups -OCH3 is 1. The molecule has 2 aliphatic heterocycles. The first kappa shape index (κ1) is 30.6. The van der Waals surface area contributed by atoms with E-state index in [0.29, 0.717) is 0 Å². The van der Waals surface area contributed by atoms with Crippen LogP contribution in [0.3, 0.4) is 0 Å². The van der Waals surface area contributed by atoms with Gasteiger partial charge in [-0.1, -0.05) is 18.2 Å². The molecule has 13 nitrogen and oxygen atoms in total. The fourth-order valence-electron chi connectivity index (χ4n) is 7.21. The van der Waals surface area contributed by atoms with E-state index in [4.69, 9.17) is 28.4 Å². The van der Waals surface area contributed by atoms with Gasteiger partial charge in [-0.05, 0) is 49.7 Å². The van der Waals surface area contributed by atoms with Crippen molar-refractivity contribution in [3.05, 3.63) is 65.7 Å². The third-order valence-corrected chi connectivity index (χ3v) is 9.54. The van der Waals surface area contributed by atoms with Gasteiger partial charge in [0, 0.05) is 19.4 Å². The molecule has 0 amide bonds. The molecule has 4 bridgehead atoms. The Bertz CT molecular complexity index is 1420. The molecule has 5 fully saturated rings. The maximum absolute atomic E-state index is 13.3. The second-order valence-corrected chi connectivity index (χ2v) is 11.9. The maximum atomic E-state index is 13.3. The Morgan fingerprint density at radius 2 is 1.59 bits per heavy atom. The van der Waals surface area contributed by atoms with Crippen LogP contribution in [0.15, 0.2) is 54.6 Å². The van der Waals surface area contributed by atoms with E-state index in [9.17, 15) is 34.8 Å². The molecule has 2 aromatic rings. The third kappa shape index (κ3) is 4.53. The second kappa shape index (κ2) is 11.2. The predicted octanol–water partition coefficient (Wildman–Crippen LogP) is 0.709. The molecule has 13 heteroatoms. The van der Waals surface area contributed by atoms with E-state index >= 15 is 0 Å². The Balaban J connectivity index is 1.25. The number of fused-ring (bicyclic) bond motifs is 1. The molecule has 5 aliphatic rings. The largest absolute Gasteiger partial charge is 0.508 e. The lowest BCUT2D eigenvalue weighted by Crippen LogP contribution is -2.80. The van der Waals surface area contributed by atoms with Gasteiger partial charge in [-0.3, -0.25) is 4.79 Å². The number of ketones is 1. The van der Waals surface area contributed by atoms with Gasteiger partial charge in [0.1, 0.15) is 60.4 Å². The zero-order valence-corrected chi connectivity index (χ0v) is 24.0. The van der Waals surface area contributed by atoms with E-state index in [1.807, 2.05) is 0 Å². The van der Waals surface area contributed by atoms with Gasteiger partial charge in [-0.25, -0.2) is 9.59 Å². The van der Waals surface area contributed by atoms with Gasteiger partial charge in [0.2, 0.25) is 0 Å². The SMILES string of the molecule is CO[C@H]1O[C@@]2(C)CC(=O)[C@H]3C[C@]2(O[C@@H]2O[C@H](COC(=O)c4ccccc4)[C@@H](O)[C@H](O)[C@H]2O)[C@@]13COC(=O)c1ccc(O)cc1. The summed E-state index contributed by atoms with van der Waals surface area (Å²) in [6, 6.07) is 13.6. The molecule has 10 atom stereocenters. The van der Waals surface area contributed by atoms with E-state index in [-0.39, 0.29) is 42.1 Å². The first-order valence-corrected chi connectivity index (χ1v) is 14.3. The van der Waals surface area contributed by atoms with Crippen molar-refractivity contribution in [1.82, 2.24) is 0 Å². The summed E-state index contributed by atoms with van der Waals surface area (Å²) in [7, 11) is 1.39. The molecule has 7 rings (SSSR count). The highest BCUT2D eigenvalue weighted by Crippen LogP contribution is 2.74. The molecular formula is C31H34O13. The number of benzene rings is 2. The number of phenolic OH excluding ortho intramolecular Hbond substituents is 1. The van der Waals surface area contributed by atoms with Crippen LogP contribution in [-0.2, 0) is 33.2 Å².